The Labute approximate surface area is 133 Å². The molecule has 1 heterocycles. The number of piperazine rings is 1. The zero-order valence-corrected chi connectivity index (χ0v) is 13.3. The number of quaternary nitrogens is 1. The molecule has 1 aliphatic heterocycles. The first-order valence-corrected chi connectivity index (χ1v) is 8.96. The molecule has 3 nitrogen and oxygen atoms in total. The van der Waals surface area contributed by atoms with Crippen molar-refractivity contribution in [1.29, 1.82) is 0 Å². The van der Waals surface area contributed by atoms with Gasteiger partial charge >= 0.3 is 0 Å². The maximum Gasteiger partial charge on any atom is 0.227 e. The van der Waals surface area contributed by atoms with Crippen LogP contribution in [0.3, 0.4) is 0 Å². The molecule has 22 heavy (non-hydrogen) atoms. The van der Waals surface area contributed by atoms with Crippen LogP contribution in [-0.2, 0) is 11.2 Å². The van der Waals surface area contributed by atoms with Gasteiger partial charge in [0.2, 0.25) is 5.91 Å². The third kappa shape index (κ3) is 2.79. The van der Waals surface area contributed by atoms with Gasteiger partial charge in [0.1, 0.15) is 0 Å². The second kappa shape index (κ2) is 6.04. The number of carbonyl (C=O) groups is 1. The molecule has 2 aliphatic carbocycles. The third-order valence-electron chi connectivity index (χ3n) is 6.22. The van der Waals surface area contributed by atoms with Gasteiger partial charge in [-0.15, -0.1) is 0 Å². The maximum atomic E-state index is 12.4. The molecule has 4 rings (SSSR count). The van der Waals surface area contributed by atoms with Crippen LogP contribution in [0.4, 0.5) is 0 Å². The number of carbonyl (C=O) groups excluding carboxylic acids is 1. The molecule has 0 spiro atoms. The highest BCUT2D eigenvalue weighted by Gasteiger charge is 2.45. The molecule has 2 bridgehead atoms. The van der Waals surface area contributed by atoms with Crippen molar-refractivity contribution in [1.82, 2.24) is 4.90 Å². The summed E-state index contributed by atoms with van der Waals surface area (Å²) in [6.45, 7) is 4.23. The summed E-state index contributed by atoms with van der Waals surface area (Å²) in [5, 5.41) is 0. The fourth-order valence-electron chi connectivity index (χ4n) is 5.04. The topological polar surface area (TPSA) is 24.8 Å². The number of amides is 1. The van der Waals surface area contributed by atoms with Gasteiger partial charge in [-0.2, -0.15) is 0 Å². The Morgan fingerprint density at radius 2 is 1.86 bits per heavy atom. The molecule has 1 aromatic carbocycles. The van der Waals surface area contributed by atoms with Gasteiger partial charge in [0, 0.05) is 12.3 Å². The van der Waals surface area contributed by atoms with Crippen molar-refractivity contribution in [3.63, 3.8) is 0 Å². The van der Waals surface area contributed by atoms with Gasteiger partial charge in [-0.25, -0.2) is 0 Å². The van der Waals surface area contributed by atoms with Gasteiger partial charge in [0.15, 0.2) is 0 Å². The molecule has 3 aliphatic rings. The molecule has 0 radical (unpaired) electrons. The van der Waals surface area contributed by atoms with Gasteiger partial charge in [0.25, 0.3) is 0 Å². The normalized spacial score (nSPS) is 31.6. The van der Waals surface area contributed by atoms with Crippen LogP contribution in [-0.4, -0.2) is 43.0 Å². The highest BCUT2D eigenvalue weighted by Crippen LogP contribution is 2.43. The smallest absolute Gasteiger partial charge is 0.227 e. The summed E-state index contributed by atoms with van der Waals surface area (Å²) in [4.78, 5) is 16.3. The van der Waals surface area contributed by atoms with E-state index in [1.54, 1.807) is 4.90 Å². The van der Waals surface area contributed by atoms with Gasteiger partial charge in [-0.05, 0) is 30.7 Å². The lowest BCUT2D eigenvalue weighted by Gasteiger charge is -2.38. The Morgan fingerprint density at radius 3 is 2.50 bits per heavy atom. The van der Waals surface area contributed by atoms with Crippen molar-refractivity contribution >= 4 is 5.91 Å². The van der Waals surface area contributed by atoms with Crippen LogP contribution in [0.2, 0.25) is 0 Å². The minimum atomic E-state index is 0.304. The fourth-order valence-corrected chi connectivity index (χ4v) is 5.04. The molecule has 2 saturated carbocycles. The number of nitrogens with one attached hydrogen (secondary N) is 1. The van der Waals surface area contributed by atoms with E-state index < -0.39 is 0 Å². The number of rotatable bonds is 3. The summed E-state index contributed by atoms with van der Waals surface area (Å²) in [5.41, 5.74) is 1.13. The lowest BCUT2D eigenvalue weighted by molar-refractivity contribution is -0.932. The average Bonchev–Trinajstić information content (AvgIpc) is 3.19. The number of hydrogen-bond acceptors (Lipinski definition) is 1. The average molecular weight is 299 g/mol. The van der Waals surface area contributed by atoms with Crippen molar-refractivity contribution < 1.29 is 9.69 Å². The van der Waals surface area contributed by atoms with Crippen LogP contribution >= 0.6 is 0 Å². The Bertz CT molecular complexity index is 521. The van der Waals surface area contributed by atoms with Gasteiger partial charge in [0.05, 0.1) is 38.6 Å². The maximum absolute atomic E-state index is 12.4. The van der Waals surface area contributed by atoms with Crippen molar-refractivity contribution in [2.75, 3.05) is 26.2 Å². The monoisotopic (exact) mass is 299 g/mol. The van der Waals surface area contributed by atoms with E-state index in [9.17, 15) is 4.79 Å². The number of hydrogen-bond donors (Lipinski definition) is 1. The molecule has 3 atom stereocenters. The second-order valence-corrected chi connectivity index (χ2v) is 7.48. The van der Waals surface area contributed by atoms with Crippen LogP contribution in [0.5, 0.6) is 0 Å². The highest BCUT2D eigenvalue weighted by molar-refractivity contribution is 5.78. The molecular formula is C19H27N2O+. The van der Waals surface area contributed by atoms with Crippen LogP contribution < -0.4 is 4.90 Å². The van der Waals surface area contributed by atoms with Crippen LogP contribution in [0.1, 0.15) is 31.2 Å². The third-order valence-corrected chi connectivity index (χ3v) is 6.22. The summed E-state index contributed by atoms with van der Waals surface area (Å²) in [6.07, 6.45) is 6.46. The van der Waals surface area contributed by atoms with Gasteiger partial charge in [-0.1, -0.05) is 30.3 Å². The summed E-state index contributed by atoms with van der Waals surface area (Å²) < 4.78 is 0. The predicted molar refractivity (Wildman–Crippen MR) is 86.7 cm³/mol. The van der Waals surface area contributed by atoms with Crippen LogP contribution in [0.25, 0.3) is 0 Å². The quantitative estimate of drug-likeness (QED) is 0.890. The molecule has 1 saturated heterocycles. The van der Waals surface area contributed by atoms with E-state index in [1.807, 2.05) is 18.2 Å². The molecule has 1 aromatic rings. The SMILES string of the molecule is O=C(Cc1ccccc1)N1CC[NH+]([C@@H]2C[C@H]3CC[C@@H]2C3)CC1. The van der Waals surface area contributed by atoms with Crippen LogP contribution in [0.15, 0.2) is 30.3 Å². The van der Waals surface area contributed by atoms with Crippen molar-refractivity contribution in [3.05, 3.63) is 35.9 Å². The molecule has 3 fully saturated rings. The Balaban J connectivity index is 1.29. The molecular weight excluding hydrogens is 272 g/mol. The zero-order valence-electron chi connectivity index (χ0n) is 13.3. The minimum absolute atomic E-state index is 0.304. The number of benzene rings is 1. The Morgan fingerprint density at radius 1 is 1.09 bits per heavy atom. The summed E-state index contributed by atoms with van der Waals surface area (Å²) in [7, 11) is 0. The standard InChI is InChI=1S/C19H26N2O/c22-19(14-15-4-2-1-3-5-15)21-10-8-20(9-11-21)18-13-16-6-7-17(18)12-16/h1-5,16-18H,6-14H2/p+1/t16-,17+,18+/m0/s1. The van der Waals surface area contributed by atoms with E-state index >= 15 is 0 Å². The lowest BCUT2D eigenvalue weighted by Crippen LogP contribution is -3.18. The minimum Gasteiger partial charge on any atom is -0.331 e. The van der Waals surface area contributed by atoms with Crippen molar-refractivity contribution in [2.24, 2.45) is 11.8 Å². The molecule has 1 amide bonds. The van der Waals surface area contributed by atoms with E-state index in [0.29, 0.717) is 12.3 Å². The van der Waals surface area contributed by atoms with E-state index in [2.05, 4.69) is 17.0 Å². The van der Waals surface area contributed by atoms with Gasteiger partial charge < -0.3 is 9.80 Å². The highest BCUT2D eigenvalue weighted by atomic mass is 16.2. The molecule has 1 N–H and O–H groups in total. The lowest BCUT2D eigenvalue weighted by atomic mass is 9.93. The zero-order chi connectivity index (χ0) is 14.9. The number of fused-ring (bicyclic) bond motifs is 2. The molecule has 0 aromatic heterocycles. The molecule has 3 heteroatoms. The molecule has 0 unspecified atom stereocenters. The Kier molecular flexibility index (Phi) is 3.91. The predicted octanol–water partition coefficient (Wildman–Crippen LogP) is 1.14. The first kappa shape index (κ1) is 14.3. The second-order valence-electron chi connectivity index (χ2n) is 7.48. The fraction of sp³-hybridized carbons (Fsp3) is 0.632. The van der Waals surface area contributed by atoms with E-state index in [4.69, 9.17) is 0 Å². The van der Waals surface area contributed by atoms with Crippen LogP contribution in [0, 0.1) is 11.8 Å². The summed E-state index contributed by atoms with van der Waals surface area (Å²) in [6, 6.07) is 11.0. The van der Waals surface area contributed by atoms with E-state index in [0.717, 1.165) is 49.6 Å². The first-order valence-electron chi connectivity index (χ1n) is 8.96. The molecule has 118 valence electrons. The van der Waals surface area contributed by atoms with E-state index in [-0.39, 0.29) is 0 Å². The Hall–Kier alpha value is -1.35. The summed E-state index contributed by atoms with van der Waals surface area (Å²) in [5.74, 6) is 2.32. The van der Waals surface area contributed by atoms with Crippen molar-refractivity contribution in [2.45, 2.75) is 38.1 Å². The van der Waals surface area contributed by atoms with Crippen molar-refractivity contribution in [3.8, 4) is 0 Å². The van der Waals surface area contributed by atoms with Gasteiger partial charge in [-0.3, -0.25) is 4.79 Å². The number of nitrogens with zero attached hydrogens (tertiary/aromatic N) is 1. The van der Waals surface area contributed by atoms with E-state index in [1.165, 1.54) is 25.7 Å². The summed E-state index contributed by atoms with van der Waals surface area (Å²) >= 11 is 0. The first-order chi connectivity index (χ1) is 10.8. The largest absolute Gasteiger partial charge is 0.331 e.